The van der Waals surface area contributed by atoms with Crippen LogP contribution in [0.3, 0.4) is 0 Å². The molecular formula is C13H19BrN2O2. The fraction of sp³-hybridized carbons (Fsp3) is 0.615. The van der Waals surface area contributed by atoms with E-state index < -0.39 is 0 Å². The molecule has 100 valence electrons. The summed E-state index contributed by atoms with van der Waals surface area (Å²) in [5, 5.41) is 3.41. The van der Waals surface area contributed by atoms with Gasteiger partial charge in [0.25, 0.3) is 0 Å². The first-order chi connectivity index (χ1) is 8.65. The van der Waals surface area contributed by atoms with E-state index in [4.69, 9.17) is 9.47 Å². The molecule has 0 saturated carbocycles. The Kier molecular flexibility index (Phi) is 4.97. The van der Waals surface area contributed by atoms with E-state index in [1.54, 1.807) is 6.20 Å². The van der Waals surface area contributed by atoms with Gasteiger partial charge in [-0.2, -0.15) is 0 Å². The number of hydrogen-bond donors (Lipinski definition) is 1. The Morgan fingerprint density at radius 3 is 2.94 bits per heavy atom. The van der Waals surface area contributed by atoms with Crippen LogP contribution in [-0.4, -0.2) is 30.8 Å². The predicted octanol–water partition coefficient (Wildman–Crippen LogP) is 2.37. The van der Waals surface area contributed by atoms with Gasteiger partial charge in [0.1, 0.15) is 6.10 Å². The van der Waals surface area contributed by atoms with Crippen LogP contribution in [0.1, 0.15) is 19.4 Å². The normalized spacial score (nSPS) is 15.8. The standard InChI is InChI=1S/C13H19BrN2O2/c1-9(2)4-15-5-10-3-11(14)6-16-13(10)18-12-7-17-8-12/h3,6,9,12,15H,4-5,7-8H2,1-2H3. The summed E-state index contributed by atoms with van der Waals surface area (Å²) in [5.74, 6) is 1.34. The van der Waals surface area contributed by atoms with E-state index in [0.29, 0.717) is 25.0 Å². The van der Waals surface area contributed by atoms with E-state index >= 15 is 0 Å². The molecule has 0 radical (unpaired) electrons. The van der Waals surface area contributed by atoms with Gasteiger partial charge in [0.15, 0.2) is 0 Å². The van der Waals surface area contributed by atoms with E-state index in [-0.39, 0.29) is 6.10 Å². The lowest BCUT2D eigenvalue weighted by Gasteiger charge is -2.27. The van der Waals surface area contributed by atoms with Gasteiger partial charge in [-0.1, -0.05) is 13.8 Å². The zero-order valence-electron chi connectivity index (χ0n) is 10.8. The minimum absolute atomic E-state index is 0.155. The molecule has 0 aliphatic carbocycles. The molecule has 1 aliphatic rings. The molecule has 0 spiro atoms. The Hall–Kier alpha value is -0.650. The largest absolute Gasteiger partial charge is 0.469 e. The summed E-state index contributed by atoms with van der Waals surface area (Å²) in [6, 6.07) is 2.05. The Labute approximate surface area is 116 Å². The third-order valence-corrected chi connectivity index (χ3v) is 3.08. The Morgan fingerprint density at radius 2 is 2.33 bits per heavy atom. The highest BCUT2D eigenvalue weighted by Gasteiger charge is 2.22. The van der Waals surface area contributed by atoms with Gasteiger partial charge in [-0.15, -0.1) is 0 Å². The average Bonchev–Trinajstić information content (AvgIpc) is 2.25. The second-order valence-electron chi connectivity index (χ2n) is 4.92. The lowest BCUT2D eigenvalue weighted by atomic mass is 10.2. The number of halogens is 1. The molecule has 0 atom stereocenters. The van der Waals surface area contributed by atoms with Gasteiger partial charge >= 0.3 is 0 Å². The minimum Gasteiger partial charge on any atom is -0.469 e. The summed E-state index contributed by atoms with van der Waals surface area (Å²) in [6.45, 7) is 7.46. The highest BCUT2D eigenvalue weighted by Crippen LogP contribution is 2.22. The zero-order valence-corrected chi connectivity index (χ0v) is 12.4. The van der Waals surface area contributed by atoms with Gasteiger partial charge in [0, 0.05) is 22.8 Å². The van der Waals surface area contributed by atoms with Gasteiger partial charge in [-0.3, -0.25) is 0 Å². The molecule has 0 unspecified atom stereocenters. The smallest absolute Gasteiger partial charge is 0.218 e. The second-order valence-corrected chi connectivity index (χ2v) is 5.84. The van der Waals surface area contributed by atoms with E-state index in [1.807, 2.05) is 0 Å². The summed E-state index contributed by atoms with van der Waals surface area (Å²) in [5.41, 5.74) is 1.08. The molecule has 0 aromatic carbocycles. The van der Waals surface area contributed by atoms with Gasteiger partial charge in [0.05, 0.1) is 13.2 Å². The molecule has 0 bridgehead atoms. The van der Waals surface area contributed by atoms with Crippen LogP contribution in [0.15, 0.2) is 16.7 Å². The van der Waals surface area contributed by atoms with Crippen molar-refractivity contribution < 1.29 is 9.47 Å². The third-order valence-electron chi connectivity index (χ3n) is 2.65. The molecule has 1 fully saturated rings. The van der Waals surface area contributed by atoms with Crippen molar-refractivity contribution in [2.75, 3.05) is 19.8 Å². The molecule has 0 amide bonds. The molecule has 5 heteroatoms. The number of rotatable bonds is 6. The van der Waals surface area contributed by atoms with E-state index in [9.17, 15) is 0 Å². The van der Waals surface area contributed by atoms with E-state index in [0.717, 1.165) is 23.1 Å². The number of nitrogens with one attached hydrogen (secondary N) is 1. The van der Waals surface area contributed by atoms with Crippen molar-refractivity contribution in [1.82, 2.24) is 10.3 Å². The summed E-state index contributed by atoms with van der Waals surface area (Å²) in [7, 11) is 0. The lowest BCUT2D eigenvalue weighted by Crippen LogP contribution is -2.39. The SMILES string of the molecule is CC(C)CNCc1cc(Br)cnc1OC1COC1. The number of nitrogens with zero attached hydrogens (tertiary/aromatic N) is 1. The third kappa shape index (κ3) is 3.93. The highest BCUT2D eigenvalue weighted by molar-refractivity contribution is 9.10. The van der Waals surface area contributed by atoms with Crippen LogP contribution < -0.4 is 10.1 Å². The number of ether oxygens (including phenoxy) is 2. The molecule has 1 aliphatic heterocycles. The Bertz CT molecular complexity index is 395. The molecular weight excluding hydrogens is 296 g/mol. The zero-order chi connectivity index (χ0) is 13.0. The van der Waals surface area contributed by atoms with E-state index in [1.165, 1.54) is 0 Å². The first kappa shape index (κ1) is 13.8. The molecule has 1 N–H and O–H groups in total. The summed E-state index contributed by atoms with van der Waals surface area (Å²) >= 11 is 3.44. The lowest BCUT2D eigenvalue weighted by molar-refractivity contribution is -0.0817. The first-order valence-corrected chi connectivity index (χ1v) is 7.04. The quantitative estimate of drug-likeness (QED) is 0.875. The molecule has 1 aromatic heterocycles. The van der Waals surface area contributed by atoms with Crippen LogP contribution in [0.4, 0.5) is 0 Å². The number of pyridine rings is 1. The summed E-state index contributed by atoms with van der Waals surface area (Å²) < 4.78 is 11.9. The van der Waals surface area contributed by atoms with Crippen LogP contribution in [0, 0.1) is 5.92 Å². The van der Waals surface area contributed by atoms with Crippen LogP contribution >= 0.6 is 15.9 Å². The second kappa shape index (κ2) is 6.50. The first-order valence-electron chi connectivity index (χ1n) is 6.24. The molecule has 1 aromatic rings. The van der Waals surface area contributed by atoms with Crippen molar-refractivity contribution >= 4 is 15.9 Å². The molecule has 2 rings (SSSR count). The molecule has 1 saturated heterocycles. The van der Waals surface area contributed by atoms with Crippen LogP contribution in [0.5, 0.6) is 5.88 Å². The Morgan fingerprint density at radius 1 is 1.56 bits per heavy atom. The summed E-state index contributed by atoms with van der Waals surface area (Å²) in [6.07, 6.45) is 1.92. The molecule has 2 heterocycles. The predicted molar refractivity (Wildman–Crippen MR) is 73.7 cm³/mol. The van der Waals surface area contributed by atoms with Crippen LogP contribution in [0.2, 0.25) is 0 Å². The fourth-order valence-electron chi connectivity index (χ4n) is 1.64. The Balaban J connectivity index is 1.98. The van der Waals surface area contributed by atoms with Crippen LogP contribution in [-0.2, 0) is 11.3 Å². The van der Waals surface area contributed by atoms with Crippen molar-refractivity contribution in [2.45, 2.75) is 26.5 Å². The summed E-state index contributed by atoms with van der Waals surface area (Å²) in [4.78, 5) is 4.33. The highest BCUT2D eigenvalue weighted by atomic mass is 79.9. The van der Waals surface area contributed by atoms with Crippen molar-refractivity contribution in [3.63, 3.8) is 0 Å². The number of hydrogen-bond acceptors (Lipinski definition) is 4. The van der Waals surface area contributed by atoms with Gasteiger partial charge in [-0.25, -0.2) is 4.98 Å². The molecule has 18 heavy (non-hydrogen) atoms. The monoisotopic (exact) mass is 314 g/mol. The van der Waals surface area contributed by atoms with Gasteiger partial charge < -0.3 is 14.8 Å². The maximum atomic E-state index is 5.80. The minimum atomic E-state index is 0.155. The maximum Gasteiger partial charge on any atom is 0.218 e. The maximum absolute atomic E-state index is 5.80. The fourth-order valence-corrected chi connectivity index (χ4v) is 2.02. The topological polar surface area (TPSA) is 43.4 Å². The van der Waals surface area contributed by atoms with Crippen molar-refractivity contribution in [2.24, 2.45) is 5.92 Å². The van der Waals surface area contributed by atoms with Crippen molar-refractivity contribution in [3.05, 3.63) is 22.3 Å². The van der Waals surface area contributed by atoms with Gasteiger partial charge in [0.2, 0.25) is 5.88 Å². The van der Waals surface area contributed by atoms with E-state index in [2.05, 4.69) is 46.1 Å². The molecule has 4 nitrogen and oxygen atoms in total. The van der Waals surface area contributed by atoms with Gasteiger partial charge in [-0.05, 0) is 34.5 Å². The average molecular weight is 315 g/mol. The van der Waals surface area contributed by atoms with Crippen LogP contribution in [0.25, 0.3) is 0 Å². The van der Waals surface area contributed by atoms with Crippen molar-refractivity contribution in [3.8, 4) is 5.88 Å². The van der Waals surface area contributed by atoms with Crippen molar-refractivity contribution in [1.29, 1.82) is 0 Å². The number of aromatic nitrogens is 1.